The highest BCUT2D eigenvalue weighted by Crippen LogP contribution is 2.25. The summed E-state index contributed by atoms with van der Waals surface area (Å²) in [6, 6.07) is 7.59. The average molecular weight is 400 g/mol. The van der Waals surface area contributed by atoms with Crippen LogP contribution in [-0.2, 0) is 19.1 Å². The maximum atomic E-state index is 12.5. The van der Waals surface area contributed by atoms with E-state index in [1.54, 1.807) is 42.6 Å². The molecule has 11 heteroatoms. The number of carbonyl (C=O) groups is 3. The van der Waals surface area contributed by atoms with Gasteiger partial charge < -0.3 is 15.4 Å². The quantitative estimate of drug-likeness (QED) is 0.665. The lowest BCUT2D eigenvalue weighted by Gasteiger charge is -2.22. The number of carbonyl (C=O) groups excluding carboxylic acids is 3. The van der Waals surface area contributed by atoms with Gasteiger partial charge in [0.1, 0.15) is 18.3 Å². The highest BCUT2D eigenvalue weighted by molar-refractivity contribution is 6.38. The first kappa shape index (κ1) is 21.2. The zero-order chi connectivity index (χ0) is 20.7. The van der Waals surface area contributed by atoms with Gasteiger partial charge >= 0.3 is 12.1 Å². The molecule has 0 radical (unpaired) electrons. The Hall–Kier alpha value is -3.11. The number of nitrogens with one attached hydrogen (secondary N) is 2. The summed E-state index contributed by atoms with van der Waals surface area (Å²) in [5.41, 5.74) is 0.566. The van der Waals surface area contributed by atoms with Crippen molar-refractivity contribution in [1.29, 1.82) is 0 Å². The minimum atomic E-state index is -4.54. The van der Waals surface area contributed by atoms with Gasteiger partial charge in [0.2, 0.25) is 11.8 Å². The topological polar surface area (TPSA) is 100 Å². The second-order valence-electron chi connectivity index (χ2n) is 5.78. The molecule has 0 spiro atoms. The minimum absolute atomic E-state index is 0.0346. The third-order valence-corrected chi connectivity index (χ3v) is 3.65. The van der Waals surface area contributed by atoms with Crippen LogP contribution in [0.15, 0.2) is 35.4 Å². The number of hydrazone groups is 1. The number of halogens is 3. The number of rotatable bonds is 7. The highest BCUT2D eigenvalue weighted by atomic mass is 19.4. The van der Waals surface area contributed by atoms with E-state index < -0.39 is 43.1 Å². The number of hydrogen-bond acceptors (Lipinski definition) is 6. The summed E-state index contributed by atoms with van der Waals surface area (Å²) in [4.78, 5) is 35.9. The van der Waals surface area contributed by atoms with E-state index in [1.165, 1.54) is 5.01 Å². The molecule has 1 aromatic rings. The molecule has 1 atom stereocenters. The fourth-order valence-electron chi connectivity index (χ4n) is 2.42. The van der Waals surface area contributed by atoms with E-state index in [1.807, 2.05) is 0 Å². The van der Waals surface area contributed by atoms with E-state index in [0.29, 0.717) is 5.69 Å². The zero-order valence-corrected chi connectivity index (χ0v) is 15.0. The molecule has 152 valence electrons. The van der Waals surface area contributed by atoms with E-state index in [4.69, 9.17) is 4.74 Å². The molecule has 0 saturated carbocycles. The Bertz CT molecular complexity index is 753. The van der Waals surface area contributed by atoms with Gasteiger partial charge in [0.05, 0.1) is 18.8 Å². The van der Waals surface area contributed by atoms with Gasteiger partial charge in [0, 0.05) is 6.42 Å². The Balaban J connectivity index is 2.04. The van der Waals surface area contributed by atoms with E-state index in [9.17, 15) is 27.6 Å². The molecule has 2 rings (SSSR count). The van der Waals surface area contributed by atoms with Crippen molar-refractivity contribution in [3.8, 4) is 0 Å². The Morgan fingerprint density at radius 3 is 2.50 bits per heavy atom. The summed E-state index contributed by atoms with van der Waals surface area (Å²) in [6.45, 7) is -0.355. The van der Waals surface area contributed by atoms with Crippen LogP contribution in [0.25, 0.3) is 0 Å². The van der Waals surface area contributed by atoms with Crippen molar-refractivity contribution in [1.82, 2.24) is 10.6 Å². The predicted molar refractivity (Wildman–Crippen MR) is 93.5 cm³/mol. The molecule has 1 aromatic carbocycles. The van der Waals surface area contributed by atoms with Crippen molar-refractivity contribution in [3.63, 3.8) is 0 Å². The number of nitrogens with zero attached hydrogens (tertiary/aromatic N) is 2. The van der Waals surface area contributed by atoms with Crippen molar-refractivity contribution >= 4 is 29.2 Å². The van der Waals surface area contributed by atoms with Gasteiger partial charge in [-0.2, -0.15) is 18.3 Å². The van der Waals surface area contributed by atoms with Crippen LogP contribution < -0.4 is 15.6 Å². The Morgan fingerprint density at radius 2 is 1.89 bits per heavy atom. The van der Waals surface area contributed by atoms with Crippen LogP contribution >= 0.6 is 0 Å². The maximum Gasteiger partial charge on any atom is 0.405 e. The lowest BCUT2D eigenvalue weighted by molar-refractivity contribution is -0.138. The minimum Gasteiger partial charge on any atom is -0.461 e. The van der Waals surface area contributed by atoms with Crippen LogP contribution in [0.4, 0.5) is 18.9 Å². The van der Waals surface area contributed by atoms with E-state index in [0.717, 1.165) is 0 Å². The molecule has 2 N–H and O–H groups in total. The number of anilines is 1. The van der Waals surface area contributed by atoms with E-state index in [-0.39, 0.29) is 18.7 Å². The van der Waals surface area contributed by atoms with Crippen LogP contribution in [0.1, 0.15) is 13.3 Å². The van der Waals surface area contributed by atoms with Gasteiger partial charge in [-0.25, -0.2) is 4.79 Å². The molecule has 1 heterocycles. The van der Waals surface area contributed by atoms with Crippen LogP contribution in [0.5, 0.6) is 0 Å². The molecule has 0 aromatic heterocycles. The summed E-state index contributed by atoms with van der Waals surface area (Å²) >= 11 is 0. The van der Waals surface area contributed by atoms with Crippen LogP contribution in [0.3, 0.4) is 0 Å². The molecule has 0 fully saturated rings. The molecular weight excluding hydrogens is 381 g/mol. The van der Waals surface area contributed by atoms with Crippen LogP contribution in [0, 0.1) is 0 Å². The molecule has 0 bridgehead atoms. The highest BCUT2D eigenvalue weighted by Gasteiger charge is 2.37. The summed E-state index contributed by atoms with van der Waals surface area (Å²) in [6.07, 6.45) is -4.61. The molecule has 0 saturated heterocycles. The molecule has 28 heavy (non-hydrogen) atoms. The van der Waals surface area contributed by atoms with Crippen molar-refractivity contribution in [2.24, 2.45) is 5.10 Å². The largest absolute Gasteiger partial charge is 0.461 e. The van der Waals surface area contributed by atoms with Gasteiger partial charge in [0.25, 0.3) is 0 Å². The number of alkyl halides is 3. The first-order chi connectivity index (χ1) is 13.2. The third-order valence-electron chi connectivity index (χ3n) is 3.65. The van der Waals surface area contributed by atoms with Gasteiger partial charge in [-0.15, -0.1) is 0 Å². The molecule has 0 aliphatic carbocycles. The number of ether oxygens (including phenoxy) is 1. The normalized spacial score (nSPS) is 16.4. The number of hydrogen-bond donors (Lipinski definition) is 2. The summed E-state index contributed by atoms with van der Waals surface area (Å²) in [7, 11) is 0. The first-order valence-corrected chi connectivity index (χ1v) is 8.41. The van der Waals surface area contributed by atoms with Gasteiger partial charge in [-0.1, -0.05) is 18.2 Å². The van der Waals surface area contributed by atoms with Gasteiger partial charge in [-0.05, 0) is 19.1 Å². The van der Waals surface area contributed by atoms with Crippen molar-refractivity contribution in [2.75, 3.05) is 24.7 Å². The lowest BCUT2D eigenvalue weighted by Crippen LogP contribution is -2.47. The second kappa shape index (κ2) is 9.20. The average Bonchev–Trinajstić information content (AvgIpc) is 3.10. The summed E-state index contributed by atoms with van der Waals surface area (Å²) in [5.74, 6) is -2.31. The Morgan fingerprint density at radius 1 is 1.21 bits per heavy atom. The number of benzene rings is 1. The molecule has 1 aliphatic heterocycles. The molecule has 1 unspecified atom stereocenters. The zero-order valence-electron chi connectivity index (χ0n) is 15.0. The predicted octanol–water partition coefficient (Wildman–Crippen LogP) is 0.979. The molecular formula is C17H19F3N4O4. The van der Waals surface area contributed by atoms with Crippen molar-refractivity contribution in [2.45, 2.75) is 25.6 Å². The Kier molecular flexibility index (Phi) is 6.96. The fourth-order valence-corrected chi connectivity index (χ4v) is 2.42. The Labute approximate surface area is 158 Å². The first-order valence-electron chi connectivity index (χ1n) is 8.41. The maximum absolute atomic E-state index is 12.5. The van der Waals surface area contributed by atoms with Crippen LogP contribution in [-0.4, -0.2) is 55.4 Å². The smallest absolute Gasteiger partial charge is 0.405 e. The molecule has 1 aliphatic rings. The standard InChI is InChI=1S/C17H19F3N4O4/c1-2-28-16(27)12-8-13(24(23-12)11-6-4-3-5-7-11)15(26)21-9-14(25)22-10-17(18,19)20/h3-7,13H,2,8-10H2,1H3,(H,21,26)(H,22,25). The van der Waals surface area contributed by atoms with Crippen molar-refractivity contribution in [3.05, 3.63) is 30.3 Å². The van der Waals surface area contributed by atoms with E-state index in [2.05, 4.69) is 10.4 Å². The number of amides is 2. The summed E-state index contributed by atoms with van der Waals surface area (Å²) in [5, 5.41) is 9.38. The number of esters is 1. The van der Waals surface area contributed by atoms with E-state index >= 15 is 0 Å². The van der Waals surface area contributed by atoms with Gasteiger partial charge in [0.15, 0.2) is 0 Å². The SMILES string of the molecule is CCOC(=O)C1=NN(c2ccccc2)C(C(=O)NCC(=O)NCC(F)(F)F)C1. The molecule has 8 nitrogen and oxygen atoms in total. The third kappa shape index (κ3) is 5.96. The number of para-hydroxylation sites is 1. The second-order valence-corrected chi connectivity index (χ2v) is 5.78. The fraction of sp³-hybridized carbons (Fsp3) is 0.412. The van der Waals surface area contributed by atoms with Gasteiger partial charge in [-0.3, -0.25) is 14.6 Å². The lowest BCUT2D eigenvalue weighted by atomic mass is 10.1. The van der Waals surface area contributed by atoms with Crippen molar-refractivity contribution < 1.29 is 32.3 Å². The monoisotopic (exact) mass is 400 g/mol. The van der Waals surface area contributed by atoms with Crippen LogP contribution in [0.2, 0.25) is 0 Å². The molecule has 2 amide bonds. The summed E-state index contributed by atoms with van der Waals surface area (Å²) < 4.78 is 41.2.